The monoisotopic (exact) mass is 209 g/mol. The van der Waals surface area contributed by atoms with Crippen LogP contribution < -0.4 is 5.32 Å². The second kappa shape index (κ2) is 4.23. The van der Waals surface area contributed by atoms with E-state index in [-0.39, 0.29) is 0 Å². The molecule has 1 aliphatic carbocycles. The van der Waals surface area contributed by atoms with Crippen LogP contribution in [0.25, 0.3) is 0 Å². The molecule has 1 atom stereocenters. The number of hydrogen-bond acceptors (Lipinski definition) is 3. The highest BCUT2D eigenvalue weighted by molar-refractivity contribution is 5.48. The highest BCUT2D eigenvalue weighted by atomic mass is 16.5. The van der Waals surface area contributed by atoms with Crippen molar-refractivity contribution in [2.24, 2.45) is 0 Å². The number of H-pyrrole nitrogens is 1. The molecule has 0 aliphatic heterocycles. The van der Waals surface area contributed by atoms with Crippen LogP contribution in [0, 0.1) is 0 Å². The summed E-state index contributed by atoms with van der Waals surface area (Å²) in [4.78, 5) is 0. The quantitative estimate of drug-likeness (QED) is 0.797. The van der Waals surface area contributed by atoms with E-state index in [1.54, 1.807) is 7.11 Å². The van der Waals surface area contributed by atoms with Gasteiger partial charge in [-0.25, -0.2) is 0 Å². The fourth-order valence-electron chi connectivity index (χ4n) is 2.06. The number of methoxy groups -OCH3 is 1. The molecule has 0 radical (unpaired) electrons. The predicted octanol–water partition coefficient (Wildman–Crippen LogP) is 1.73. The zero-order valence-corrected chi connectivity index (χ0v) is 9.63. The van der Waals surface area contributed by atoms with Crippen LogP contribution in [0.2, 0.25) is 0 Å². The number of nitrogens with one attached hydrogen (secondary N) is 2. The van der Waals surface area contributed by atoms with Crippen LogP contribution in [0.3, 0.4) is 0 Å². The smallest absolute Gasteiger partial charge is 0.151 e. The average Bonchev–Trinajstić information content (AvgIpc) is 2.60. The summed E-state index contributed by atoms with van der Waals surface area (Å²) in [6.07, 6.45) is 3.45. The van der Waals surface area contributed by atoms with E-state index in [9.17, 15) is 0 Å². The molecule has 1 aromatic rings. The number of ether oxygens (including phenoxy) is 1. The van der Waals surface area contributed by atoms with E-state index in [4.69, 9.17) is 4.74 Å². The summed E-state index contributed by atoms with van der Waals surface area (Å²) in [6, 6.07) is 0.417. The molecule has 0 saturated carbocycles. The molecule has 1 aliphatic rings. The van der Waals surface area contributed by atoms with Crippen LogP contribution in [0.15, 0.2) is 0 Å². The predicted molar refractivity (Wildman–Crippen MR) is 60.2 cm³/mol. The van der Waals surface area contributed by atoms with Crippen molar-refractivity contribution < 1.29 is 4.74 Å². The van der Waals surface area contributed by atoms with Crippen molar-refractivity contribution in [1.82, 2.24) is 10.2 Å². The molecule has 1 heterocycles. The van der Waals surface area contributed by atoms with Gasteiger partial charge in [-0.05, 0) is 26.7 Å². The number of hydrogen-bond donors (Lipinski definition) is 2. The van der Waals surface area contributed by atoms with Gasteiger partial charge in [0, 0.05) is 30.8 Å². The molecule has 2 N–H and O–H groups in total. The molecule has 4 heteroatoms. The first-order chi connectivity index (χ1) is 7.20. The number of aromatic amines is 1. The Morgan fingerprint density at radius 2 is 2.33 bits per heavy atom. The normalized spacial score (nSPS) is 20.4. The van der Waals surface area contributed by atoms with Gasteiger partial charge in [-0.2, -0.15) is 5.10 Å². The first-order valence-corrected chi connectivity index (χ1v) is 5.56. The van der Waals surface area contributed by atoms with Crippen molar-refractivity contribution in [2.75, 3.05) is 12.4 Å². The Labute approximate surface area is 90.4 Å². The zero-order valence-electron chi connectivity index (χ0n) is 9.63. The van der Waals surface area contributed by atoms with Crippen molar-refractivity contribution >= 4 is 5.82 Å². The van der Waals surface area contributed by atoms with Crippen LogP contribution >= 0.6 is 0 Å². The molecule has 0 spiro atoms. The van der Waals surface area contributed by atoms with E-state index < -0.39 is 0 Å². The van der Waals surface area contributed by atoms with E-state index in [0.29, 0.717) is 12.1 Å². The van der Waals surface area contributed by atoms with E-state index in [1.165, 1.54) is 11.3 Å². The lowest BCUT2D eigenvalue weighted by atomic mass is 9.95. The van der Waals surface area contributed by atoms with Crippen LogP contribution in [-0.4, -0.2) is 29.5 Å². The molecule has 1 unspecified atom stereocenters. The van der Waals surface area contributed by atoms with Gasteiger partial charge in [0.05, 0.1) is 6.10 Å². The molecule has 15 heavy (non-hydrogen) atoms. The van der Waals surface area contributed by atoms with Crippen molar-refractivity contribution in [2.45, 2.75) is 45.3 Å². The lowest BCUT2D eigenvalue weighted by molar-refractivity contribution is 0.0910. The van der Waals surface area contributed by atoms with E-state index in [0.717, 1.165) is 25.1 Å². The molecule has 0 fully saturated rings. The minimum Gasteiger partial charge on any atom is -0.381 e. The summed E-state index contributed by atoms with van der Waals surface area (Å²) in [6.45, 7) is 4.25. The number of fused-ring (bicyclic) bond motifs is 1. The maximum atomic E-state index is 5.41. The lowest BCUT2D eigenvalue weighted by Gasteiger charge is -2.21. The molecule has 84 valence electrons. The highest BCUT2D eigenvalue weighted by Gasteiger charge is 2.23. The first kappa shape index (κ1) is 10.5. The molecule has 1 aromatic heterocycles. The van der Waals surface area contributed by atoms with Gasteiger partial charge in [-0.3, -0.25) is 5.10 Å². The molecule has 2 rings (SSSR count). The third-order valence-corrected chi connectivity index (χ3v) is 2.86. The molecule has 0 aromatic carbocycles. The summed E-state index contributed by atoms with van der Waals surface area (Å²) >= 11 is 0. The number of nitrogens with zero attached hydrogens (tertiary/aromatic N) is 1. The SMILES string of the molecule is COC1CCc2[nH]nc(NC(C)C)c2C1. The Morgan fingerprint density at radius 1 is 1.53 bits per heavy atom. The number of anilines is 1. The van der Waals surface area contributed by atoms with Gasteiger partial charge in [-0.15, -0.1) is 0 Å². The average molecular weight is 209 g/mol. The fourth-order valence-corrected chi connectivity index (χ4v) is 2.06. The Balaban J connectivity index is 2.18. The molecule has 0 bridgehead atoms. The van der Waals surface area contributed by atoms with Gasteiger partial charge in [0.25, 0.3) is 0 Å². The maximum Gasteiger partial charge on any atom is 0.151 e. The number of rotatable bonds is 3. The minimum absolute atomic E-state index is 0.350. The van der Waals surface area contributed by atoms with Gasteiger partial charge in [0.1, 0.15) is 0 Å². The van der Waals surface area contributed by atoms with E-state index in [2.05, 4.69) is 29.4 Å². The highest BCUT2D eigenvalue weighted by Crippen LogP contribution is 2.27. The molecular weight excluding hydrogens is 190 g/mol. The Kier molecular flexibility index (Phi) is 2.95. The van der Waals surface area contributed by atoms with Crippen molar-refractivity contribution in [3.8, 4) is 0 Å². The van der Waals surface area contributed by atoms with Gasteiger partial charge < -0.3 is 10.1 Å². The van der Waals surface area contributed by atoms with E-state index in [1.807, 2.05) is 0 Å². The number of aryl methyl sites for hydroxylation is 1. The summed E-state index contributed by atoms with van der Waals surface area (Å²) in [5.41, 5.74) is 2.58. The van der Waals surface area contributed by atoms with E-state index >= 15 is 0 Å². The maximum absolute atomic E-state index is 5.41. The molecule has 0 amide bonds. The van der Waals surface area contributed by atoms with Crippen LogP contribution in [0.4, 0.5) is 5.82 Å². The summed E-state index contributed by atoms with van der Waals surface area (Å²) in [7, 11) is 1.78. The fraction of sp³-hybridized carbons (Fsp3) is 0.727. The van der Waals surface area contributed by atoms with Gasteiger partial charge in [0.2, 0.25) is 0 Å². The summed E-state index contributed by atoms with van der Waals surface area (Å²) in [5.74, 6) is 1.00. The van der Waals surface area contributed by atoms with Gasteiger partial charge >= 0.3 is 0 Å². The third kappa shape index (κ3) is 2.15. The molecular formula is C11H19N3O. The zero-order chi connectivity index (χ0) is 10.8. The Bertz CT molecular complexity index is 333. The van der Waals surface area contributed by atoms with Crippen molar-refractivity contribution in [3.63, 3.8) is 0 Å². The van der Waals surface area contributed by atoms with Crippen LogP contribution in [-0.2, 0) is 17.6 Å². The number of aromatic nitrogens is 2. The Morgan fingerprint density at radius 3 is 3.00 bits per heavy atom. The third-order valence-electron chi connectivity index (χ3n) is 2.86. The summed E-state index contributed by atoms with van der Waals surface area (Å²) in [5, 5.41) is 10.8. The molecule has 4 nitrogen and oxygen atoms in total. The topological polar surface area (TPSA) is 49.9 Å². The molecule has 0 saturated heterocycles. The van der Waals surface area contributed by atoms with Crippen LogP contribution in [0.5, 0.6) is 0 Å². The second-order valence-corrected chi connectivity index (χ2v) is 4.43. The second-order valence-electron chi connectivity index (χ2n) is 4.43. The largest absolute Gasteiger partial charge is 0.381 e. The Hall–Kier alpha value is -1.03. The van der Waals surface area contributed by atoms with Crippen molar-refractivity contribution in [3.05, 3.63) is 11.3 Å². The van der Waals surface area contributed by atoms with Crippen molar-refractivity contribution in [1.29, 1.82) is 0 Å². The van der Waals surface area contributed by atoms with Gasteiger partial charge in [-0.1, -0.05) is 0 Å². The standard InChI is InChI=1S/C11H19N3O/c1-7(2)12-11-9-6-8(15-3)4-5-10(9)13-14-11/h7-8H,4-6H2,1-3H3,(H2,12,13,14). The lowest BCUT2D eigenvalue weighted by Crippen LogP contribution is -2.22. The van der Waals surface area contributed by atoms with Gasteiger partial charge in [0.15, 0.2) is 5.82 Å². The summed E-state index contributed by atoms with van der Waals surface area (Å²) < 4.78 is 5.41. The van der Waals surface area contributed by atoms with Crippen LogP contribution in [0.1, 0.15) is 31.5 Å². The first-order valence-electron chi connectivity index (χ1n) is 5.56. The minimum atomic E-state index is 0.350.